The van der Waals surface area contributed by atoms with Crippen molar-refractivity contribution in [3.8, 4) is 0 Å². The normalized spacial score (nSPS) is 13.2. The minimum atomic E-state index is -0.00471. The second-order valence-corrected chi connectivity index (χ2v) is 5.35. The van der Waals surface area contributed by atoms with Crippen molar-refractivity contribution in [2.24, 2.45) is 4.99 Å². The molecule has 0 aliphatic rings. The van der Waals surface area contributed by atoms with Gasteiger partial charge in [-0.15, -0.1) is 0 Å². The molecule has 0 saturated carbocycles. The maximum Gasteiger partial charge on any atom is 0.227 e. The highest BCUT2D eigenvalue weighted by Gasteiger charge is 2.12. The molecule has 0 bridgehead atoms. The van der Waals surface area contributed by atoms with Gasteiger partial charge in [0.05, 0.1) is 11.0 Å². The van der Waals surface area contributed by atoms with Crippen molar-refractivity contribution in [3.63, 3.8) is 0 Å². The highest BCUT2D eigenvalue weighted by atomic mass is 15.1. The fraction of sp³-hybridized carbons (Fsp3) is 0.0476. The average molecular weight is 313 g/mol. The molecule has 3 aromatic rings. The Morgan fingerprint density at radius 1 is 1.04 bits per heavy atom. The lowest BCUT2D eigenvalue weighted by molar-refractivity contribution is 1.10. The van der Waals surface area contributed by atoms with Crippen LogP contribution in [0.1, 0.15) is 11.5 Å². The Morgan fingerprint density at radius 3 is 2.50 bits per heavy atom. The first-order valence-corrected chi connectivity index (χ1v) is 7.80. The van der Waals surface area contributed by atoms with Crippen LogP contribution in [0.15, 0.2) is 96.5 Å². The molecule has 0 fully saturated rings. The molecule has 1 heterocycles. The Morgan fingerprint density at radius 2 is 1.79 bits per heavy atom. The van der Waals surface area contributed by atoms with Gasteiger partial charge in [0.1, 0.15) is 0 Å². The van der Waals surface area contributed by atoms with Crippen molar-refractivity contribution in [1.82, 2.24) is 9.97 Å². The van der Waals surface area contributed by atoms with Crippen molar-refractivity contribution < 1.29 is 0 Å². The highest BCUT2D eigenvalue weighted by Crippen LogP contribution is 2.25. The molecule has 118 valence electrons. The summed E-state index contributed by atoms with van der Waals surface area (Å²) in [6, 6.07) is 18.1. The SMILES string of the molecule is C=C/C=C(\C=C)C(/C=N/c1nc2ccccc2[nH]1)c1ccccc1. The smallest absolute Gasteiger partial charge is 0.227 e. The summed E-state index contributed by atoms with van der Waals surface area (Å²) < 4.78 is 0. The van der Waals surface area contributed by atoms with Crippen LogP contribution in [0.25, 0.3) is 11.0 Å². The van der Waals surface area contributed by atoms with Crippen LogP contribution < -0.4 is 0 Å². The van der Waals surface area contributed by atoms with E-state index in [1.165, 1.54) is 0 Å². The van der Waals surface area contributed by atoms with Crippen LogP contribution in [-0.4, -0.2) is 16.2 Å². The molecule has 1 unspecified atom stereocenters. The average Bonchev–Trinajstić information content (AvgIpc) is 3.04. The van der Waals surface area contributed by atoms with E-state index in [9.17, 15) is 0 Å². The van der Waals surface area contributed by atoms with Gasteiger partial charge in [0.25, 0.3) is 0 Å². The molecule has 3 heteroatoms. The van der Waals surface area contributed by atoms with Gasteiger partial charge in [-0.2, -0.15) is 0 Å². The number of allylic oxidation sites excluding steroid dienone is 4. The predicted molar refractivity (Wildman–Crippen MR) is 102 cm³/mol. The van der Waals surface area contributed by atoms with Gasteiger partial charge in [-0.3, -0.25) is 0 Å². The molecule has 0 aliphatic heterocycles. The lowest BCUT2D eigenvalue weighted by atomic mass is 9.92. The molecule has 24 heavy (non-hydrogen) atoms. The Kier molecular flexibility index (Phi) is 4.82. The largest absolute Gasteiger partial charge is 0.322 e. The number of aromatic nitrogens is 2. The minimum Gasteiger partial charge on any atom is -0.322 e. The molecule has 2 aromatic carbocycles. The second kappa shape index (κ2) is 7.38. The first-order valence-electron chi connectivity index (χ1n) is 7.80. The Balaban J connectivity index is 1.97. The lowest BCUT2D eigenvalue weighted by Crippen LogP contribution is -2.02. The zero-order valence-electron chi connectivity index (χ0n) is 13.4. The number of fused-ring (bicyclic) bond motifs is 1. The van der Waals surface area contributed by atoms with E-state index in [0.717, 1.165) is 22.2 Å². The standard InChI is InChI=1S/C21H19N3/c1-3-10-16(4-2)18(17-11-6-5-7-12-17)15-22-21-23-19-13-8-9-14-20(19)24-21/h3-15,18H,1-2H2,(H,23,24)/b16-10+,22-15+. The number of H-pyrrole nitrogens is 1. The van der Waals surface area contributed by atoms with Gasteiger partial charge in [0.2, 0.25) is 5.95 Å². The highest BCUT2D eigenvalue weighted by molar-refractivity contribution is 5.80. The first kappa shape index (κ1) is 15.7. The molecule has 3 rings (SSSR count). The van der Waals surface area contributed by atoms with Crippen molar-refractivity contribution in [3.05, 3.63) is 97.1 Å². The van der Waals surface area contributed by atoms with Crippen molar-refractivity contribution >= 4 is 23.2 Å². The van der Waals surface area contributed by atoms with E-state index >= 15 is 0 Å². The van der Waals surface area contributed by atoms with Crippen LogP contribution in [0.3, 0.4) is 0 Å². The quantitative estimate of drug-likeness (QED) is 0.484. The second-order valence-electron chi connectivity index (χ2n) is 5.35. The fourth-order valence-electron chi connectivity index (χ4n) is 2.61. The number of aromatic amines is 1. The van der Waals surface area contributed by atoms with Crippen molar-refractivity contribution in [1.29, 1.82) is 0 Å². The van der Waals surface area contributed by atoms with Crippen LogP contribution in [-0.2, 0) is 0 Å². The van der Waals surface area contributed by atoms with E-state index < -0.39 is 0 Å². The third-order valence-electron chi connectivity index (χ3n) is 3.79. The molecule has 1 atom stereocenters. The predicted octanol–water partition coefficient (Wildman–Crippen LogP) is 5.35. The van der Waals surface area contributed by atoms with Gasteiger partial charge in [-0.1, -0.05) is 73.9 Å². The number of rotatable bonds is 6. The summed E-state index contributed by atoms with van der Waals surface area (Å²) in [6.45, 7) is 7.70. The van der Waals surface area contributed by atoms with E-state index in [1.807, 2.05) is 60.8 Å². The molecule has 0 saturated heterocycles. The van der Waals surface area contributed by atoms with Gasteiger partial charge in [0, 0.05) is 12.1 Å². The molecule has 1 N–H and O–H groups in total. The summed E-state index contributed by atoms with van der Waals surface area (Å²) in [5, 5.41) is 0. The van der Waals surface area contributed by atoms with E-state index in [-0.39, 0.29) is 5.92 Å². The summed E-state index contributed by atoms with van der Waals surface area (Å²) >= 11 is 0. The fourth-order valence-corrected chi connectivity index (χ4v) is 2.61. The summed E-state index contributed by atoms with van der Waals surface area (Å²) in [4.78, 5) is 12.3. The monoisotopic (exact) mass is 313 g/mol. The van der Waals surface area contributed by atoms with E-state index in [1.54, 1.807) is 6.08 Å². The van der Waals surface area contributed by atoms with Crippen LogP contribution in [0.5, 0.6) is 0 Å². The number of hydrogen-bond donors (Lipinski definition) is 1. The van der Waals surface area contributed by atoms with Gasteiger partial charge in [0.15, 0.2) is 0 Å². The van der Waals surface area contributed by atoms with E-state index in [0.29, 0.717) is 5.95 Å². The summed E-state index contributed by atoms with van der Waals surface area (Å²) in [5.74, 6) is 0.592. The lowest BCUT2D eigenvalue weighted by Gasteiger charge is -2.13. The number of aliphatic imine (C=N–C) groups is 1. The number of para-hydroxylation sites is 2. The van der Waals surface area contributed by atoms with Crippen LogP contribution in [0.4, 0.5) is 5.95 Å². The Labute approximate surface area is 141 Å². The number of benzene rings is 2. The van der Waals surface area contributed by atoms with Crippen molar-refractivity contribution in [2.75, 3.05) is 0 Å². The molecular formula is C21H19N3. The zero-order chi connectivity index (χ0) is 16.8. The van der Waals surface area contributed by atoms with Gasteiger partial charge in [-0.25, -0.2) is 9.98 Å². The van der Waals surface area contributed by atoms with E-state index in [4.69, 9.17) is 0 Å². The van der Waals surface area contributed by atoms with Crippen LogP contribution in [0, 0.1) is 0 Å². The maximum atomic E-state index is 4.56. The zero-order valence-corrected chi connectivity index (χ0v) is 13.4. The number of hydrogen-bond acceptors (Lipinski definition) is 2. The van der Waals surface area contributed by atoms with Gasteiger partial charge >= 0.3 is 0 Å². The maximum absolute atomic E-state index is 4.56. The third kappa shape index (κ3) is 3.41. The minimum absolute atomic E-state index is 0.00471. The molecule has 0 spiro atoms. The Hall–Kier alpha value is -3.20. The molecule has 0 aliphatic carbocycles. The molecular weight excluding hydrogens is 294 g/mol. The summed E-state index contributed by atoms with van der Waals surface area (Å²) in [6.07, 6.45) is 7.45. The van der Waals surface area contributed by atoms with E-state index in [2.05, 4.69) is 40.3 Å². The summed E-state index contributed by atoms with van der Waals surface area (Å²) in [7, 11) is 0. The first-order chi connectivity index (χ1) is 11.8. The number of nitrogens with one attached hydrogen (secondary N) is 1. The molecule has 1 aromatic heterocycles. The van der Waals surface area contributed by atoms with Crippen molar-refractivity contribution in [2.45, 2.75) is 5.92 Å². The number of nitrogens with zero attached hydrogens (tertiary/aromatic N) is 2. The molecule has 3 nitrogen and oxygen atoms in total. The molecule has 0 amide bonds. The van der Waals surface area contributed by atoms with Gasteiger partial charge < -0.3 is 4.98 Å². The Bertz CT molecular complexity index is 868. The third-order valence-corrected chi connectivity index (χ3v) is 3.79. The topological polar surface area (TPSA) is 41.0 Å². The number of imidazole rings is 1. The summed E-state index contributed by atoms with van der Waals surface area (Å²) in [5.41, 5.74) is 4.07. The van der Waals surface area contributed by atoms with Crippen LogP contribution in [0.2, 0.25) is 0 Å². The van der Waals surface area contributed by atoms with Gasteiger partial charge in [-0.05, 0) is 23.3 Å². The molecule has 0 radical (unpaired) electrons. The van der Waals surface area contributed by atoms with Crippen LogP contribution >= 0.6 is 0 Å².